The minimum absolute atomic E-state index is 0.170. The molecule has 0 atom stereocenters. The Kier molecular flexibility index (Phi) is 3.20. The standard InChI is InChI=1S/C13H14F3NO2/c1-3-12(4-2)9-7-8(19-13(14,15)16)5-6-10(9)17-11(12)18/h5-7H,3-4H2,1-2H3,(H,17,18). The van der Waals surface area contributed by atoms with Gasteiger partial charge in [-0.25, -0.2) is 0 Å². The van der Waals surface area contributed by atoms with Gasteiger partial charge in [-0.2, -0.15) is 0 Å². The van der Waals surface area contributed by atoms with Gasteiger partial charge in [-0.15, -0.1) is 13.2 Å². The Morgan fingerprint density at radius 1 is 1.26 bits per heavy atom. The van der Waals surface area contributed by atoms with Gasteiger partial charge in [0.25, 0.3) is 0 Å². The summed E-state index contributed by atoms with van der Waals surface area (Å²) in [5.41, 5.74) is 0.368. The largest absolute Gasteiger partial charge is 0.573 e. The number of amides is 1. The van der Waals surface area contributed by atoms with E-state index in [0.717, 1.165) is 0 Å². The van der Waals surface area contributed by atoms with E-state index < -0.39 is 11.8 Å². The van der Waals surface area contributed by atoms with E-state index in [0.29, 0.717) is 24.1 Å². The third-order valence-corrected chi connectivity index (χ3v) is 3.63. The van der Waals surface area contributed by atoms with Crippen molar-refractivity contribution in [2.24, 2.45) is 0 Å². The van der Waals surface area contributed by atoms with E-state index in [2.05, 4.69) is 10.1 Å². The van der Waals surface area contributed by atoms with E-state index in [1.807, 2.05) is 13.8 Å². The topological polar surface area (TPSA) is 38.3 Å². The van der Waals surface area contributed by atoms with Crippen molar-refractivity contribution in [3.05, 3.63) is 23.8 Å². The van der Waals surface area contributed by atoms with Crippen LogP contribution in [0.2, 0.25) is 0 Å². The Morgan fingerprint density at radius 3 is 2.42 bits per heavy atom. The first-order chi connectivity index (χ1) is 8.82. The monoisotopic (exact) mass is 273 g/mol. The van der Waals surface area contributed by atoms with Crippen molar-refractivity contribution in [2.75, 3.05) is 5.32 Å². The van der Waals surface area contributed by atoms with Crippen LogP contribution in [0.3, 0.4) is 0 Å². The summed E-state index contributed by atoms with van der Waals surface area (Å²) in [4.78, 5) is 12.0. The van der Waals surface area contributed by atoms with E-state index >= 15 is 0 Å². The lowest BCUT2D eigenvalue weighted by atomic mass is 9.77. The summed E-state index contributed by atoms with van der Waals surface area (Å²) in [7, 11) is 0. The van der Waals surface area contributed by atoms with E-state index in [4.69, 9.17) is 0 Å². The van der Waals surface area contributed by atoms with Crippen molar-refractivity contribution >= 4 is 11.6 Å². The molecule has 1 N–H and O–H groups in total. The van der Waals surface area contributed by atoms with E-state index in [1.165, 1.54) is 18.2 Å². The van der Waals surface area contributed by atoms with Gasteiger partial charge >= 0.3 is 6.36 Å². The predicted molar refractivity (Wildman–Crippen MR) is 64.0 cm³/mol. The molecule has 1 heterocycles. The second-order valence-corrected chi connectivity index (χ2v) is 4.50. The summed E-state index contributed by atoms with van der Waals surface area (Å²) >= 11 is 0. The lowest BCUT2D eigenvalue weighted by Crippen LogP contribution is -2.32. The van der Waals surface area contributed by atoms with E-state index in [9.17, 15) is 18.0 Å². The van der Waals surface area contributed by atoms with Crippen LogP contribution in [-0.2, 0) is 10.2 Å². The predicted octanol–water partition coefficient (Wildman–Crippen LogP) is 3.60. The SMILES string of the molecule is CCC1(CC)C(=O)Nc2ccc(OC(F)(F)F)cc21. The van der Waals surface area contributed by atoms with Crippen LogP contribution in [0.15, 0.2) is 18.2 Å². The van der Waals surface area contributed by atoms with Crippen LogP contribution < -0.4 is 10.1 Å². The smallest absolute Gasteiger partial charge is 0.406 e. The van der Waals surface area contributed by atoms with Gasteiger partial charge in [0.1, 0.15) is 5.75 Å². The molecule has 6 heteroatoms. The normalized spacial score (nSPS) is 17.0. The average molecular weight is 273 g/mol. The molecule has 0 fully saturated rings. The molecule has 0 aliphatic carbocycles. The number of carbonyl (C=O) groups excluding carboxylic acids is 1. The summed E-state index contributed by atoms with van der Waals surface area (Å²) in [6, 6.07) is 3.95. The highest BCUT2D eigenvalue weighted by molar-refractivity contribution is 6.06. The van der Waals surface area contributed by atoms with Crippen molar-refractivity contribution in [1.82, 2.24) is 0 Å². The maximum atomic E-state index is 12.2. The van der Waals surface area contributed by atoms with Gasteiger partial charge in [0.15, 0.2) is 0 Å². The highest BCUT2D eigenvalue weighted by Gasteiger charge is 2.44. The number of anilines is 1. The number of ether oxygens (including phenoxy) is 1. The van der Waals surface area contributed by atoms with Crippen LogP contribution in [0.5, 0.6) is 5.75 Å². The molecule has 104 valence electrons. The fourth-order valence-corrected chi connectivity index (χ4v) is 2.54. The molecule has 0 saturated heterocycles. The van der Waals surface area contributed by atoms with Crippen molar-refractivity contribution in [1.29, 1.82) is 0 Å². The zero-order valence-electron chi connectivity index (χ0n) is 10.6. The maximum Gasteiger partial charge on any atom is 0.573 e. The number of halogens is 3. The molecule has 0 radical (unpaired) electrons. The van der Waals surface area contributed by atoms with Gasteiger partial charge in [-0.05, 0) is 36.6 Å². The molecule has 1 aromatic rings. The molecule has 0 bridgehead atoms. The molecule has 3 nitrogen and oxygen atoms in total. The number of alkyl halides is 3. The molecular formula is C13H14F3NO2. The van der Waals surface area contributed by atoms with Gasteiger partial charge in [-0.3, -0.25) is 4.79 Å². The molecule has 1 aliphatic heterocycles. The Hall–Kier alpha value is -1.72. The summed E-state index contributed by atoms with van der Waals surface area (Å²) in [5, 5.41) is 2.70. The molecule has 19 heavy (non-hydrogen) atoms. The van der Waals surface area contributed by atoms with Crippen molar-refractivity contribution in [3.8, 4) is 5.75 Å². The van der Waals surface area contributed by atoms with Gasteiger partial charge in [0.2, 0.25) is 5.91 Å². The van der Waals surface area contributed by atoms with Gasteiger partial charge < -0.3 is 10.1 Å². The number of carbonyl (C=O) groups is 1. The molecule has 0 spiro atoms. The quantitative estimate of drug-likeness (QED) is 0.913. The third kappa shape index (κ3) is 2.27. The Morgan fingerprint density at radius 2 is 1.89 bits per heavy atom. The summed E-state index contributed by atoms with van der Waals surface area (Å²) in [6.07, 6.45) is -3.68. The Balaban J connectivity index is 2.45. The second kappa shape index (κ2) is 4.43. The summed E-state index contributed by atoms with van der Waals surface area (Å²) < 4.78 is 40.6. The number of fused-ring (bicyclic) bond motifs is 1. The fourth-order valence-electron chi connectivity index (χ4n) is 2.54. The van der Waals surface area contributed by atoms with Crippen LogP contribution in [-0.4, -0.2) is 12.3 Å². The first-order valence-corrected chi connectivity index (χ1v) is 6.04. The van der Waals surface area contributed by atoms with Crippen LogP contribution in [0, 0.1) is 0 Å². The molecule has 2 rings (SSSR count). The lowest BCUT2D eigenvalue weighted by molar-refractivity contribution is -0.274. The summed E-state index contributed by atoms with van der Waals surface area (Å²) in [6.45, 7) is 3.69. The first-order valence-electron chi connectivity index (χ1n) is 6.04. The first kappa shape index (κ1) is 13.7. The Bertz CT molecular complexity index is 507. The number of nitrogens with one attached hydrogen (secondary N) is 1. The number of rotatable bonds is 3. The fraction of sp³-hybridized carbons (Fsp3) is 0.462. The minimum atomic E-state index is -4.73. The van der Waals surface area contributed by atoms with E-state index in [-0.39, 0.29) is 11.7 Å². The van der Waals surface area contributed by atoms with Crippen molar-refractivity contribution in [2.45, 2.75) is 38.5 Å². The Labute approximate surface area is 108 Å². The lowest BCUT2D eigenvalue weighted by Gasteiger charge is -2.24. The molecule has 0 aromatic heterocycles. The van der Waals surface area contributed by atoms with Crippen molar-refractivity contribution in [3.63, 3.8) is 0 Å². The van der Waals surface area contributed by atoms with Crippen LogP contribution in [0.25, 0.3) is 0 Å². The van der Waals surface area contributed by atoms with Crippen LogP contribution in [0.1, 0.15) is 32.3 Å². The van der Waals surface area contributed by atoms with Crippen LogP contribution in [0.4, 0.5) is 18.9 Å². The second-order valence-electron chi connectivity index (χ2n) is 4.50. The van der Waals surface area contributed by atoms with Gasteiger partial charge in [0, 0.05) is 5.69 Å². The molecule has 1 amide bonds. The van der Waals surface area contributed by atoms with Gasteiger partial charge in [-0.1, -0.05) is 13.8 Å². The minimum Gasteiger partial charge on any atom is -0.406 e. The third-order valence-electron chi connectivity index (χ3n) is 3.63. The number of hydrogen-bond acceptors (Lipinski definition) is 2. The zero-order chi connectivity index (χ0) is 14.3. The molecule has 0 unspecified atom stereocenters. The molecule has 1 aliphatic rings. The molecule has 1 aromatic carbocycles. The highest BCUT2D eigenvalue weighted by Crippen LogP contribution is 2.44. The summed E-state index contributed by atoms with van der Waals surface area (Å²) in [5.74, 6) is -0.467. The molecule has 0 saturated carbocycles. The zero-order valence-corrected chi connectivity index (χ0v) is 10.6. The van der Waals surface area contributed by atoms with Crippen LogP contribution >= 0.6 is 0 Å². The van der Waals surface area contributed by atoms with Crippen molar-refractivity contribution < 1.29 is 22.7 Å². The van der Waals surface area contributed by atoms with Gasteiger partial charge in [0.05, 0.1) is 5.41 Å². The maximum absolute atomic E-state index is 12.2. The highest BCUT2D eigenvalue weighted by atomic mass is 19.4. The molecular weight excluding hydrogens is 259 g/mol. The number of hydrogen-bond donors (Lipinski definition) is 1. The average Bonchev–Trinajstić information content (AvgIpc) is 2.59. The number of benzene rings is 1. The van der Waals surface area contributed by atoms with E-state index in [1.54, 1.807) is 0 Å².